The van der Waals surface area contributed by atoms with Crippen LogP contribution in [0.5, 0.6) is 0 Å². The second kappa shape index (κ2) is 7.67. The molecule has 0 N–H and O–H groups in total. The summed E-state index contributed by atoms with van der Waals surface area (Å²) in [4.78, 5) is 26.3. The number of carbonyl (C=O) groups excluding carboxylic acids is 1. The summed E-state index contributed by atoms with van der Waals surface area (Å²) in [6.45, 7) is 1.64. The Morgan fingerprint density at radius 1 is 1.21 bits per heavy atom. The molecule has 3 rings (SSSR count). The molecule has 1 amide bonds. The largest absolute Gasteiger partial charge is 0.416 e. The monoisotopic (exact) mass is 401 g/mol. The molecule has 1 atom stereocenters. The van der Waals surface area contributed by atoms with E-state index in [0.29, 0.717) is 11.9 Å². The van der Waals surface area contributed by atoms with E-state index in [9.17, 15) is 18.0 Å². The Labute approximate surface area is 163 Å². The maximum absolute atomic E-state index is 13.1. The second-order valence-electron chi connectivity index (χ2n) is 6.08. The van der Waals surface area contributed by atoms with Crippen LogP contribution in [0.1, 0.15) is 40.3 Å². The van der Waals surface area contributed by atoms with Crippen LogP contribution in [-0.2, 0) is 6.18 Å². The van der Waals surface area contributed by atoms with Gasteiger partial charge in [-0.1, -0.05) is 0 Å². The highest BCUT2D eigenvalue weighted by atomic mass is 19.4. The van der Waals surface area contributed by atoms with E-state index in [4.69, 9.17) is 5.26 Å². The van der Waals surface area contributed by atoms with Crippen molar-refractivity contribution in [1.29, 1.82) is 5.26 Å². The number of hydrogen-bond donors (Lipinski definition) is 0. The summed E-state index contributed by atoms with van der Waals surface area (Å²) >= 11 is 0. The Hall–Kier alpha value is -3.81. The van der Waals surface area contributed by atoms with E-state index in [1.54, 1.807) is 19.1 Å². The predicted octanol–water partition coefficient (Wildman–Crippen LogP) is 2.78. The molecule has 0 aliphatic rings. The normalized spacial score (nSPS) is 12.3. The molecule has 0 spiro atoms. The minimum atomic E-state index is -4.68. The van der Waals surface area contributed by atoms with Gasteiger partial charge < -0.3 is 4.90 Å². The third-order valence-corrected chi connectivity index (χ3v) is 4.23. The number of aromatic nitrogens is 5. The molecule has 148 valence electrons. The predicted molar refractivity (Wildman–Crippen MR) is 93.6 cm³/mol. The molecule has 0 bridgehead atoms. The first-order valence-corrected chi connectivity index (χ1v) is 8.29. The van der Waals surface area contributed by atoms with E-state index in [1.165, 1.54) is 35.4 Å². The Morgan fingerprint density at radius 3 is 2.52 bits per heavy atom. The van der Waals surface area contributed by atoms with Gasteiger partial charge >= 0.3 is 6.18 Å². The fourth-order valence-electron chi connectivity index (χ4n) is 2.62. The van der Waals surface area contributed by atoms with Gasteiger partial charge in [0.25, 0.3) is 11.9 Å². The zero-order chi connectivity index (χ0) is 21.2. The topological polar surface area (TPSA) is 101 Å². The summed E-state index contributed by atoms with van der Waals surface area (Å²) in [5.41, 5.74) is -1.58. The van der Waals surface area contributed by atoms with Crippen molar-refractivity contribution in [2.75, 3.05) is 7.05 Å². The van der Waals surface area contributed by atoms with E-state index in [2.05, 4.69) is 20.1 Å². The highest BCUT2D eigenvalue weighted by Gasteiger charge is 2.33. The second-order valence-corrected chi connectivity index (χ2v) is 6.08. The van der Waals surface area contributed by atoms with E-state index < -0.39 is 23.7 Å². The maximum Gasteiger partial charge on any atom is 0.416 e. The number of nitriles is 1. The van der Waals surface area contributed by atoms with Gasteiger partial charge in [0, 0.05) is 25.0 Å². The Morgan fingerprint density at radius 2 is 1.90 bits per heavy atom. The van der Waals surface area contributed by atoms with Crippen LogP contribution in [0.4, 0.5) is 13.2 Å². The highest BCUT2D eigenvalue weighted by Crippen LogP contribution is 2.31. The summed E-state index contributed by atoms with van der Waals surface area (Å²) < 4.78 is 40.6. The van der Waals surface area contributed by atoms with E-state index >= 15 is 0 Å². The first-order chi connectivity index (χ1) is 13.7. The minimum Gasteiger partial charge on any atom is -0.332 e. The third kappa shape index (κ3) is 4.06. The van der Waals surface area contributed by atoms with Crippen LogP contribution >= 0.6 is 0 Å². The number of nitrogens with zero attached hydrogens (tertiary/aromatic N) is 7. The van der Waals surface area contributed by atoms with Gasteiger partial charge in [-0.05, 0) is 31.2 Å². The molecule has 0 saturated carbocycles. The molecular weight excluding hydrogens is 387 g/mol. The molecule has 2 heterocycles. The molecule has 0 radical (unpaired) electrons. The summed E-state index contributed by atoms with van der Waals surface area (Å²) in [7, 11) is 1.42. The van der Waals surface area contributed by atoms with Gasteiger partial charge in [0.15, 0.2) is 5.82 Å². The molecule has 0 aliphatic carbocycles. The summed E-state index contributed by atoms with van der Waals surface area (Å²) in [6.07, 6.45) is -0.395. The smallest absolute Gasteiger partial charge is 0.332 e. The average Bonchev–Trinajstić information content (AvgIpc) is 3.21. The lowest BCUT2D eigenvalue weighted by Crippen LogP contribution is -2.31. The molecule has 0 fully saturated rings. The van der Waals surface area contributed by atoms with Crippen molar-refractivity contribution in [2.45, 2.75) is 19.1 Å². The maximum atomic E-state index is 13.1. The van der Waals surface area contributed by atoms with Crippen molar-refractivity contribution < 1.29 is 18.0 Å². The fraction of sp³-hybridized carbons (Fsp3) is 0.222. The van der Waals surface area contributed by atoms with Crippen molar-refractivity contribution in [3.05, 3.63) is 65.5 Å². The first-order valence-electron chi connectivity index (χ1n) is 8.29. The third-order valence-electron chi connectivity index (χ3n) is 4.23. The van der Waals surface area contributed by atoms with Crippen LogP contribution < -0.4 is 0 Å². The molecule has 1 aromatic carbocycles. The van der Waals surface area contributed by atoms with Gasteiger partial charge in [-0.15, -0.1) is 0 Å². The van der Waals surface area contributed by atoms with Crippen molar-refractivity contribution in [3.63, 3.8) is 0 Å². The minimum absolute atomic E-state index is 0.235. The van der Waals surface area contributed by atoms with Crippen LogP contribution in [0.3, 0.4) is 0 Å². The van der Waals surface area contributed by atoms with Gasteiger partial charge in [0.1, 0.15) is 6.33 Å². The molecule has 3 aromatic rings. The Kier molecular flexibility index (Phi) is 5.27. The molecular formula is C18H14F3N7O. The lowest BCUT2D eigenvalue weighted by molar-refractivity contribution is -0.137. The Balaban J connectivity index is 1.94. The summed E-state index contributed by atoms with van der Waals surface area (Å²) in [5.74, 6) is -0.151. The van der Waals surface area contributed by atoms with Gasteiger partial charge in [0.05, 0.1) is 23.2 Å². The average molecular weight is 401 g/mol. The first kappa shape index (κ1) is 19.9. The van der Waals surface area contributed by atoms with Gasteiger partial charge in [-0.2, -0.15) is 28.2 Å². The van der Waals surface area contributed by atoms with E-state index in [0.717, 1.165) is 12.1 Å². The van der Waals surface area contributed by atoms with Crippen LogP contribution in [0.15, 0.2) is 43.0 Å². The van der Waals surface area contributed by atoms with Crippen LogP contribution in [0.25, 0.3) is 5.95 Å². The zero-order valence-electron chi connectivity index (χ0n) is 15.3. The van der Waals surface area contributed by atoms with Crippen molar-refractivity contribution in [2.24, 2.45) is 0 Å². The van der Waals surface area contributed by atoms with Gasteiger partial charge in [-0.3, -0.25) is 4.79 Å². The van der Waals surface area contributed by atoms with E-state index in [-0.39, 0.29) is 17.1 Å². The number of amides is 1. The van der Waals surface area contributed by atoms with E-state index in [1.807, 2.05) is 0 Å². The number of rotatable bonds is 4. The number of alkyl halides is 3. The number of benzene rings is 1. The van der Waals surface area contributed by atoms with Crippen LogP contribution in [0.2, 0.25) is 0 Å². The quantitative estimate of drug-likeness (QED) is 0.666. The molecule has 2 aromatic heterocycles. The number of carbonyl (C=O) groups is 1. The number of hydrogen-bond acceptors (Lipinski definition) is 6. The molecule has 11 heteroatoms. The Bertz CT molecular complexity index is 1070. The molecule has 0 saturated heterocycles. The fourth-order valence-corrected chi connectivity index (χ4v) is 2.62. The molecule has 29 heavy (non-hydrogen) atoms. The zero-order valence-corrected chi connectivity index (χ0v) is 15.3. The summed E-state index contributed by atoms with van der Waals surface area (Å²) in [6, 6.07) is 5.13. The lowest BCUT2D eigenvalue weighted by Gasteiger charge is -2.24. The van der Waals surface area contributed by atoms with Gasteiger partial charge in [-0.25, -0.2) is 15.0 Å². The molecule has 8 nitrogen and oxygen atoms in total. The molecule has 1 unspecified atom stereocenters. The van der Waals surface area contributed by atoms with Crippen molar-refractivity contribution >= 4 is 5.91 Å². The van der Waals surface area contributed by atoms with Gasteiger partial charge in [0.2, 0.25) is 0 Å². The SMILES string of the molecule is CC(c1ncnn1-c1ncccn1)N(C)C(=O)c1cc(C#N)cc(C(F)(F)F)c1. The molecule has 0 aliphatic heterocycles. The van der Waals surface area contributed by atoms with Crippen molar-refractivity contribution in [3.8, 4) is 12.0 Å². The highest BCUT2D eigenvalue weighted by molar-refractivity contribution is 5.95. The van der Waals surface area contributed by atoms with Crippen LogP contribution in [0, 0.1) is 11.3 Å². The van der Waals surface area contributed by atoms with Crippen LogP contribution in [-0.4, -0.2) is 42.6 Å². The van der Waals surface area contributed by atoms with Crippen molar-refractivity contribution in [1.82, 2.24) is 29.6 Å². The standard InChI is InChI=1S/C18H14F3N7O/c1-11(15-25-10-26-28(15)17-23-4-3-5-24-17)27(2)16(29)13-6-12(9-22)7-14(8-13)18(19,20)21/h3-8,10-11H,1-2H3. The summed E-state index contributed by atoms with van der Waals surface area (Å²) in [5, 5.41) is 13.1. The number of halogens is 3. The lowest BCUT2D eigenvalue weighted by atomic mass is 10.0.